The Morgan fingerprint density at radius 1 is 0.800 bits per heavy atom. The minimum Gasteiger partial charge on any atom is -0.356 e. The van der Waals surface area contributed by atoms with Crippen molar-refractivity contribution in [1.82, 2.24) is 20.0 Å². The molecular weight excluding hydrogens is 436 g/mol. The molecule has 0 saturated carbocycles. The smallest absolute Gasteiger partial charge is 0.221 e. The van der Waals surface area contributed by atoms with Crippen molar-refractivity contribution in [2.45, 2.75) is 97.3 Å². The number of hydrogen-bond acceptors (Lipinski definition) is 5. The zero-order chi connectivity index (χ0) is 25.3. The van der Waals surface area contributed by atoms with E-state index in [1.165, 1.54) is 70.9 Å². The molecule has 2 aliphatic heterocycles. The van der Waals surface area contributed by atoms with Gasteiger partial charge in [0.25, 0.3) is 0 Å². The van der Waals surface area contributed by atoms with Gasteiger partial charge in [-0.2, -0.15) is 0 Å². The summed E-state index contributed by atoms with van der Waals surface area (Å²) >= 11 is 0. The Labute approximate surface area is 216 Å². The third-order valence-corrected chi connectivity index (χ3v) is 8.33. The molecule has 2 heterocycles. The van der Waals surface area contributed by atoms with Crippen LogP contribution in [0.3, 0.4) is 0 Å². The standard InChI is InChI=1S/C29H56N4O2/c1-4-6-18-31(3)19-8-17-30-29(35)16-25-33-22-13-27(14-23-33)10-7-9-26-11-20-32(21-12-26)24-15-28(34)5-2/h26-27H,4-25H2,1-3H3,(H,30,35). The maximum Gasteiger partial charge on any atom is 0.221 e. The van der Waals surface area contributed by atoms with Crippen LogP contribution in [-0.4, -0.2) is 92.3 Å². The van der Waals surface area contributed by atoms with E-state index in [-0.39, 0.29) is 5.91 Å². The van der Waals surface area contributed by atoms with Gasteiger partial charge in [0.05, 0.1) is 0 Å². The highest BCUT2D eigenvalue weighted by molar-refractivity contribution is 5.78. The number of piperidine rings is 2. The second-order valence-corrected chi connectivity index (χ2v) is 11.3. The molecule has 204 valence electrons. The third-order valence-electron chi connectivity index (χ3n) is 8.33. The Morgan fingerprint density at radius 3 is 1.89 bits per heavy atom. The van der Waals surface area contributed by atoms with Crippen molar-refractivity contribution in [3.05, 3.63) is 0 Å². The predicted octanol–water partition coefficient (Wildman–Crippen LogP) is 4.58. The molecule has 0 aromatic rings. The molecule has 6 heteroatoms. The number of rotatable bonds is 18. The fraction of sp³-hybridized carbons (Fsp3) is 0.931. The Balaban J connectivity index is 1.43. The van der Waals surface area contributed by atoms with E-state index in [4.69, 9.17) is 0 Å². The largest absolute Gasteiger partial charge is 0.356 e. The number of ketones is 1. The minimum atomic E-state index is 0.214. The molecule has 0 radical (unpaired) electrons. The maximum atomic E-state index is 12.2. The van der Waals surface area contributed by atoms with Gasteiger partial charge in [-0.15, -0.1) is 0 Å². The van der Waals surface area contributed by atoms with Gasteiger partial charge in [0.15, 0.2) is 0 Å². The summed E-state index contributed by atoms with van der Waals surface area (Å²) in [6, 6.07) is 0. The first-order valence-corrected chi connectivity index (χ1v) is 14.9. The highest BCUT2D eigenvalue weighted by Crippen LogP contribution is 2.27. The molecule has 2 aliphatic rings. The first-order chi connectivity index (χ1) is 17.0. The molecule has 0 aromatic carbocycles. The molecule has 1 N–H and O–H groups in total. The molecule has 6 nitrogen and oxygen atoms in total. The number of Topliss-reactive ketones (excluding diaryl/α,β-unsaturated/α-hetero) is 1. The van der Waals surface area contributed by atoms with Crippen LogP contribution in [0, 0.1) is 11.8 Å². The van der Waals surface area contributed by atoms with Crippen molar-refractivity contribution in [3.63, 3.8) is 0 Å². The van der Waals surface area contributed by atoms with E-state index >= 15 is 0 Å². The molecule has 35 heavy (non-hydrogen) atoms. The highest BCUT2D eigenvalue weighted by Gasteiger charge is 2.22. The number of hydrogen-bond donors (Lipinski definition) is 1. The van der Waals surface area contributed by atoms with E-state index in [9.17, 15) is 9.59 Å². The second kappa shape index (κ2) is 18.3. The summed E-state index contributed by atoms with van der Waals surface area (Å²) in [5.41, 5.74) is 0. The van der Waals surface area contributed by atoms with Gasteiger partial charge in [-0.05, 0) is 96.7 Å². The number of likely N-dealkylation sites (tertiary alicyclic amines) is 2. The zero-order valence-corrected chi connectivity index (χ0v) is 23.4. The predicted molar refractivity (Wildman–Crippen MR) is 147 cm³/mol. The normalized spacial score (nSPS) is 18.9. The summed E-state index contributed by atoms with van der Waals surface area (Å²) in [6.07, 6.45) is 15.0. The molecule has 2 fully saturated rings. The van der Waals surface area contributed by atoms with Crippen LogP contribution >= 0.6 is 0 Å². The number of amides is 1. The van der Waals surface area contributed by atoms with Gasteiger partial charge in [-0.25, -0.2) is 0 Å². The minimum absolute atomic E-state index is 0.214. The van der Waals surface area contributed by atoms with E-state index in [1.807, 2.05) is 6.92 Å². The van der Waals surface area contributed by atoms with Gasteiger partial charge in [0.2, 0.25) is 5.91 Å². The average molecular weight is 493 g/mol. The van der Waals surface area contributed by atoms with Crippen LogP contribution in [0.4, 0.5) is 0 Å². The van der Waals surface area contributed by atoms with Crippen LogP contribution in [0.25, 0.3) is 0 Å². The Morgan fingerprint density at radius 2 is 1.34 bits per heavy atom. The molecule has 0 unspecified atom stereocenters. The second-order valence-electron chi connectivity index (χ2n) is 11.3. The van der Waals surface area contributed by atoms with Gasteiger partial charge < -0.3 is 20.0 Å². The summed E-state index contributed by atoms with van der Waals surface area (Å²) in [6.45, 7) is 13.8. The number of nitrogens with zero attached hydrogens (tertiary/aromatic N) is 3. The van der Waals surface area contributed by atoms with E-state index in [0.29, 0.717) is 18.6 Å². The lowest BCUT2D eigenvalue weighted by atomic mass is 9.87. The van der Waals surface area contributed by atoms with E-state index in [2.05, 4.69) is 34.0 Å². The summed E-state index contributed by atoms with van der Waals surface area (Å²) in [4.78, 5) is 31.1. The van der Waals surface area contributed by atoms with Crippen molar-refractivity contribution in [1.29, 1.82) is 0 Å². The Bertz CT molecular complexity index is 569. The lowest BCUT2D eigenvalue weighted by molar-refractivity contribution is -0.121. The van der Waals surface area contributed by atoms with Crippen molar-refractivity contribution in [2.75, 3.05) is 66.0 Å². The Hall–Kier alpha value is -0.980. The first-order valence-electron chi connectivity index (χ1n) is 14.9. The molecule has 0 aromatic heterocycles. The average Bonchev–Trinajstić information content (AvgIpc) is 2.88. The van der Waals surface area contributed by atoms with Crippen LogP contribution in [0.5, 0.6) is 0 Å². The number of carbonyl (C=O) groups is 2. The molecule has 1 amide bonds. The summed E-state index contributed by atoms with van der Waals surface area (Å²) < 4.78 is 0. The van der Waals surface area contributed by atoms with Gasteiger partial charge in [0, 0.05) is 38.9 Å². The number of unbranched alkanes of at least 4 members (excludes halogenated alkanes) is 1. The van der Waals surface area contributed by atoms with Crippen LogP contribution in [0.1, 0.15) is 97.3 Å². The molecule has 2 saturated heterocycles. The molecular formula is C29H56N4O2. The van der Waals surface area contributed by atoms with Crippen molar-refractivity contribution in [2.24, 2.45) is 11.8 Å². The molecule has 0 atom stereocenters. The van der Waals surface area contributed by atoms with Gasteiger partial charge in [-0.3, -0.25) is 9.59 Å². The maximum absolute atomic E-state index is 12.2. The van der Waals surface area contributed by atoms with Crippen LogP contribution < -0.4 is 5.32 Å². The van der Waals surface area contributed by atoms with Gasteiger partial charge >= 0.3 is 0 Å². The topological polar surface area (TPSA) is 55.9 Å². The fourth-order valence-electron chi connectivity index (χ4n) is 5.62. The quantitative estimate of drug-likeness (QED) is 0.284. The summed E-state index contributed by atoms with van der Waals surface area (Å²) in [5.74, 6) is 2.39. The van der Waals surface area contributed by atoms with E-state index in [1.54, 1.807) is 0 Å². The lowest BCUT2D eigenvalue weighted by Crippen LogP contribution is -2.37. The third kappa shape index (κ3) is 13.8. The van der Waals surface area contributed by atoms with Crippen LogP contribution in [-0.2, 0) is 9.59 Å². The molecule has 0 aliphatic carbocycles. The highest BCUT2D eigenvalue weighted by atomic mass is 16.1. The molecule has 0 spiro atoms. The zero-order valence-electron chi connectivity index (χ0n) is 23.4. The van der Waals surface area contributed by atoms with Crippen molar-refractivity contribution >= 4 is 11.7 Å². The molecule has 0 bridgehead atoms. The first kappa shape index (κ1) is 30.2. The van der Waals surface area contributed by atoms with E-state index in [0.717, 1.165) is 70.5 Å². The Kier molecular flexibility index (Phi) is 15.8. The van der Waals surface area contributed by atoms with Crippen LogP contribution in [0.2, 0.25) is 0 Å². The number of carbonyl (C=O) groups excluding carboxylic acids is 2. The van der Waals surface area contributed by atoms with Crippen molar-refractivity contribution in [3.8, 4) is 0 Å². The summed E-state index contributed by atoms with van der Waals surface area (Å²) in [7, 11) is 2.17. The summed E-state index contributed by atoms with van der Waals surface area (Å²) in [5, 5.41) is 3.11. The van der Waals surface area contributed by atoms with Gasteiger partial charge in [-0.1, -0.05) is 39.5 Å². The van der Waals surface area contributed by atoms with Crippen molar-refractivity contribution < 1.29 is 9.59 Å². The van der Waals surface area contributed by atoms with Crippen LogP contribution in [0.15, 0.2) is 0 Å². The van der Waals surface area contributed by atoms with Gasteiger partial charge in [0.1, 0.15) is 5.78 Å². The molecule has 2 rings (SSSR count). The monoisotopic (exact) mass is 492 g/mol. The number of nitrogens with one attached hydrogen (secondary N) is 1. The SMILES string of the molecule is CCCCN(C)CCCNC(=O)CCN1CCC(CCCC2CCN(CCC(=O)CC)CC2)CC1. The van der Waals surface area contributed by atoms with E-state index < -0.39 is 0 Å². The lowest BCUT2D eigenvalue weighted by Gasteiger charge is -2.33. The fourth-order valence-corrected chi connectivity index (χ4v) is 5.62.